The lowest BCUT2D eigenvalue weighted by Gasteiger charge is -2.23. The van der Waals surface area contributed by atoms with E-state index in [4.69, 9.17) is 10.2 Å². The van der Waals surface area contributed by atoms with Crippen molar-refractivity contribution in [2.45, 2.75) is 31.7 Å². The highest BCUT2D eigenvalue weighted by Crippen LogP contribution is 2.48. The molecule has 0 unspecified atom stereocenters. The van der Waals surface area contributed by atoms with Crippen LogP contribution in [-0.2, 0) is 12.0 Å². The van der Waals surface area contributed by atoms with Gasteiger partial charge in [0.1, 0.15) is 11.5 Å². The summed E-state index contributed by atoms with van der Waals surface area (Å²) in [6.07, 6.45) is 2.52. The van der Waals surface area contributed by atoms with Crippen molar-refractivity contribution in [1.29, 1.82) is 0 Å². The number of likely N-dealkylation sites (N-methyl/N-ethyl adjacent to an activating group) is 1. The first kappa shape index (κ1) is 13.3. The van der Waals surface area contributed by atoms with Crippen LogP contribution in [0.4, 0.5) is 5.69 Å². The van der Waals surface area contributed by atoms with Gasteiger partial charge in [-0.3, -0.25) is 4.90 Å². The molecule has 1 aromatic carbocycles. The summed E-state index contributed by atoms with van der Waals surface area (Å²) in [5, 5.41) is 0. The van der Waals surface area contributed by atoms with E-state index in [-0.39, 0.29) is 0 Å². The summed E-state index contributed by atoms with van der Waals surface area (Å²) in [4.78, 5) is 2.35. The fourth-order valence-corrected chi connectivity index (χ4v) is 2.93. The van der Waals surface area contributed by atoms with Crippen LogP contribution in [0.1, 0.15) is 29.9 Å². The fourth-order valence-electron chi connectivity index (χ4n) is 2.93. The number of aryl methyl sites for hydroxylation is 1. The highest BCUT2D eigenvalue weighted by molar-refractivity contribution is 5.43. The van der Waals surface area contributed by atoms with Gasteiger partial charge < -0.3 is 10.2 Å². The van der Waals surface area contributed by atoms with E-state index in [1.807, 2.05) is 25.1 Å². The van der Waals surface area contributed by atoms with Crippen LogP contribution < -0.4 is 5.73 Å². The molecule has 0 atom stereocenters. The maximum Gasteiger partial charge on any atom is 0.118 e. The lowest BCUT2D eigenvalue weighted by atomic mass is 9.95. The lowest BCUT2D eigenvalue weighted by Crippen LogP contribution is -2.28. The first-order chi connectivity index (χ1) is 9.57. The van der Waals surface area contributed by atoms with Crippen LogP contribution in [0.25, 0.3) is 0 Å². The Hall–Kier alpha value is -1.74. The van der Waals surface area contributed by atoms with Gasteiger partial charge in [0.15, 0.2) is 0 Å². The summed E-state index contributed by atoms with van der Waals surface area (Å²) < 4.78 is 5.65. The van der Waals surface area contributed by atoms with Gasteiger partial charge in [-0.25, -0.2) is 0 Å². The Bertz CT molecular complexity index is 581. The molecule has 1 aliphatic carbocycles. The highest BCUT2D eigenvalue weighted by Gasteiger charge is 2.44. The monoisotopic (exact) mass is 270 g/mol. The van der Waals surface area contributed by atoms with Crippen molar-refractivity contribution in [1.82, 2.24) is 4.90 Å². The van der Waals surface area contributed by atoms with E-state index in [1.54, 1.807) is 0 Å². The summed E-state index contributed by atoms with van der Waals surface area (Å²) in [6.45, 7) is 3.92. The van der Waals surface area contributed by atoms with Crippen molar-refractivity contribution in [3.05, 3.63) is 53.5 Å². The van der Waals surface area contributed by atoms with Gasteiger partial charge in [0.05, 0.1) is 6.54 Å². The molecular formula is C17H22N2O. The number of rotatable bonds is 5. The summed E-state index contributed by atoms with van der Waals surface area (Å²) in [5.41, 5.74) is 8.35. The van der Waals surface area contributed by atoms with Gasteiger partial charge >= 0.3 is 0 Å². The van der Waals surface area contributed by atoms with Gasteiger partial charge in [0, 0.05) is 17.6 Å². The number of nitrogens with zero attached hydrogens (tertiary/aromatic N) is 1. The molecule has 3 heteroatoms. The Balaban J connectivity index is 1.66. The minimum atomic E-state index is 0.323. The number of furan rings is 1. The van der Waals surface area contributed by atoms with Crippen molar-refractivity contribution in [3.63, 3.8) is 0 Å². The molecule has 2 aromatic rings. The van der Waals surface area contributed by atoms with E-state index in [1.165, 1.54) is 18.4 Å². The largest absolute Gasteiger partial charge is 0.465 e. The lowest BCUT2D eigenvalue weighted by molar-refractivity contribution is 0.268. The molecule has 106 valence electrons. The number of hydrogen-bond acceptors (Lipinski definition) is 3. The summed E-state index contributed by atoms with van der Waals surface area (Å²) in [7, 11) is 2.16. The zero-order valence-electron chi connectivity index (χ0n) is 12.2. The van der Waals surface area contributed by atoms with E-state index in [2.05, 4.69) is 30.1 Å². The highest BCUT2D eigenvalue weighted by atomic mass is 16.3. The molecule has 0 saturated heterocycles. The Kier molecular flexibility index (Phi) is 3.30. The molecule has 20 heavy (non-hydrogen) atoms. The van der Waals surface area contributed by atoms with Crippen molar-refractivity contribution in [3.8, 4) is 0 Å². The van der Waals surface area contributed by atoms with Crippen LogP contribution in [-0.4, -0.2) is 18.5 Å². The van der Waals surface area contributed by atoms with Crippen molar-refractivity contribution in [2.75, 3.05) is 19.3 Å². The third-order valence-electron chi connectivity index (χ3n) is 4.17. The molecule has 1 saturated carbocycles. The Morgan fingerprint density at radius 1 is 1.15 bits per heavy atom. The molecule has 1 aliphatic rings. The van der Waals surface area contributed by atoms with Gasteiger partial charge in [-0.1, -0.05) is 12.1 Å². The van der Waals surface area contributed by atoms with Gasteiger partial charge in [-0.2, -0.15) is 0 Å². The van der Waals surface area contributed by atoms with Gasteiger partial charge in [0.25, 0.3) is 0 Å². The molecular weight excluding hydrogens is 248 g/mol. The molecule has 3 rings (SSSR count). The number of anilines is 1. The number of nitrogen functional groups attached to an aromatic ring is 1. The molecule has 1 fully saturated rings. The molecule has 0 aliphatic heterocycles. The zero-order valence-corrected chi connectivity index (χ0v) is 12.2. The minimum absolute atomic E-state index is 0.323. The number of benzene rings is 1. The summed E-state index contributed by atoms with van der Waals surface area (Å²) in [6, 6.07) is 12.4. The molecule has 0 spiro atoms. The van der Waals surface area contributed by atoms with Crippen LogP contribution in [0.2, 0.25) is 0 Å². The molecule has 1 heterocycles. The molecule has 2 N–H and O–H groups in total. The summed E-state index contributed by atoms with van der Waals surface area (Å²) in [5.74, 6) is 2.02. The Labute approximate surface area is 120 Å². The van der Waals surface area contributed by atoms with Crippen LogP contribution in [0, 0.1) is 6.92 Å². The molecule has 3 nitrogen and oxygen atoms in total. The third-order valence-corrected chi connectivity index (χ3v) is 4.17. The van der Waals surface area contributed by atoms with Crippen molar-refractivity contribution >= 4 is 5.69 Å². The third kappa shape index (κ3) is 2.73. The second kappa shape index (κ2) is 4.98. The first-order valence-corrected chi connectivity index (χ1v) is 7.17. The van der Waals surface area contributed by atoms with Crippen LogP contribution in [0.3, 0.4) is 0 Å². The van der Waals surface area contributed by atoms with E-state index in [9.17, 15) is 0 Å². The SMILES string of the molecule is Cc1ccc(CN(C)CC2(c3ccc(N)cc3)CC2)o1. The Morgan fingerprint density at radius 3 is 2.40 bits per heavy atom. The van der Waals surface area contributed by atoms with Gasteiger partial charge in [0.2, 0.25) is 0 Å². The van der Waals surface area contributed by atoms with Crippen LogP contribution in [0.5, 0.6) is 0 Å². The molecule has 1 aromatic heterocycles. The average molecular weight is 270 g/mol. The molecule has 0 amide bonds. The van der Waals surface area contributed by atoms with Crippen molar-refractivity contribution < 1.29 is 4.42 Å². The van der Waals surface area contributed by atoms with E-state index >= 15 is 0 Å². The first-order valence-electron chi connectivity index (χ1n) is 7.17. The predicted molar refractivity (Wildman–Crippen MR) is 81.5 cm³/mol. The van der Waals surface area contributed by atoms with E-state index in [0.29, 0.717) is 5.41 Å². The fraction of sp³-hybridized carbons (Fsp3) is 0.412. The van der Waals surface area contributed by atoms with Gasteiger partial charge in [-0.05, 0) is 56.6 Å². The number of nitrogens with two attached hydrogens (primary N) is 1. The smallest absolute Gasteiger partial charge is 0.118 e. The zero-order chi connectivity index (χ0) is 14.2. The predicted octanol–water partition coefficient (Wildman–Crippen LogP) is 3.33. The quantitative estimate of drug-likeness (QED) is 0.847. The van der Waals surface area contributed by atoms with Crippen molar-refractivity contribution in [2.24, 2.45) is 0 Å². The minimum Gasteiger partial charge on any atom is -0.465 e. The van der Waals surface area contributed by atoms with Crippen LogP contribution >= 0.6 is 0 Å². The second-order valence-electron chi connectivity index (χ2n) is 6.09. The van der Waals surface area contributed by atoms with E-state index < -0.39 is 0 Å². The number of hydrogen-bond donors (Lipinski definition) is 1. The van der Waals surface area contributed by atoms with Crippen LogP contribution in [0.15, 0.2) is 40.8 Å². The summed E-state index contributed by atoms with van der Waals surface area (Å²) >= 11 is 0. The molecule has 0 radical (unpaired) electrons. The van der Waals surface area contributed by atoms with E-state index in [0.717, 1.165) is 30.3 Å². The standard InChI is InChI=1S/C17H22N2O/c1-13-3-8-16(20-13)11-19(2)12-17(9-10-17)14-4-6-15(18)7-5-14/h3-8H,9-12,18H2,1-2H3. The molecule has 0 bridgehead atoms. The second-order valence-corrected chi connectivity index (χ2v) is 6.09. The normalized spacial score (nSPS) is 16.6. The topological polar surface area (TPSA) is 42.4 Å². The Morgan fingerprint density at radius 2 is 1.85 bits per heavy atom. The maximum atomic E-state index is 5.77. The van der Waals surface area contributed by atoms with Gasteiger partial charge in [-0.15, -0.1) is 0 Å². The maximum absolute atomic E-state index is 5.77. The average Bonchev–Trinajstić information content (AvgIpc) is 3.06.